The number of nitrogens with zero attached hydrogens (tertiary/aromatic N) is 3. The maximum atomic E-state index is 13.6. The van der Waals surface area contributed by atoms with Gasteiger partial charge in [-0.15, -0.1) is 11.3 Å². The second-order valence-electron chi connectivity index (χ2n) is 5.85. The van der Waals surface area contributed by atoms with Crippen LogP contribution in [0.4, 0.5) is 4.39 Å². The van der Waals surface area contributed by atoms with E-state index in [9.17, 15) is 4.39 Å². The van der Waals surface area contributed by atoms with Gasteiger partial charge in [-0.2, -0.15) is 0 Å². The lowest BCUT2D eigenvalue weighted by Gasteiger charge is -2.11. The number of ether oxygens (including phenoxy) is 1. The third kappa shape index (κ3) is 3.72. The van der Waals surface area contributed by atoms with Gasteiger partial charge in [-0.1, -0.05) is 11.6 Å². The summed E-state index contributed by atoms with van der Waals surface area (Å²) in [5.41, 5.74) is 2.47. The van der Waals surface area contributed by atoms with Crippen LogP contribution in [0.1, 0.15) is 10.7 Å². The lowest BCUT2D eigenvalue weighted by Crippen LogP contribution is -1.98. The number of aromatic nitrogens is 3. The maximum absolute atomic E-state index is 13.6. The minimum absolute atomic E-state index is 0.358. The Balaban J connectivity index is 1.85. The van der Waals surface area contributed by atoms with Gasteiger partial charge < -0.3 is 4.74 Å². The van der Waals surface area contributed by atoms with Crippen LogP contribution < -0.4 is 4.74 Å². The van der Waals surface area contributed by atoms with Gasteiger partial charge in [-0.3, -0.25) is 4.57 Å². The number of benzene rings is 2. The normalized spacial score (nSPS) is 10.9. The monoisotopic (exact) mass is 399 g/mol. The predicted molar refractivity (Wildman–Crippen MR) is 105 cm³/mol. The van der Waals surface area contributed by atoms with Crippen molar-refractivity contribution in [1.29, 1.82) is 0 Å². The third-order valence-corrected chi connectivity index (χ3v) is 5.11. The van der Waals surface area contributed by atoms with E-state index in [2.05, 4.69) is 4.98 Å². The van der Waals surface area contributed by atoms with Crippen LogP contribution in [-0.2, 0) is 6.42 Å². The van der Waals surface area contributed by atoms with E-state index < -0.39 is 0 Å². The van der Waals surface area contributed by atoms with Crippen LogP contribution in [0.5, 0.6) is 5.75 Å². The average Bonchev–Trinajstić information content (AvgIpc) is 3.32. The molecule has 0 N–H and O–H groups in total. The van der Waals surface area contributed by atoms with Crippen molar-refractivity contribution < 1.29 is 9.13 Å². The topological polar surface area (TPSA) is 39.9 Å². The standard InChI is InChI=1S/C20H15ClFN3OS/c1-26-18-10-14(22)4-7-17(18)20-24-15(11-19-23-8-9-27-19)12-25(20)16-5-2-13(21)3-6-16/h2-10,12H,11H2,1H3. The summed E-state index contributed by atoms with van der Waals surface area (Å²) in [4.78, 5) is 9.12. The second kappa shape index (κ2) is 7.50. The van der Waals surface area contributed by atoms with Crippen LogP contribution in [0.3, 0.4) is 0 Å². The third-order valence-electron chi connectivity index (χ3n) is 4.08. The molecule has 0 fully saturated rings. The van der Waals surface area contributed by atoms with Crippen molar-refractivity contribution in [3.8, 4) is 22.8 Å². The Morgan fingerprint density at radius 3 is 2.70 bits per heavy atom. The average molecular weight is 400 g/mol. The first kappa shape index (κ1) is 17.7. The molecule has 2 aromatic carbocycles. The summed E-state index contributed by atoms with van der Waals surface area (Å²) in [6.45, 7) is 0. The zero-order chi connectivity index (χ0) is 18.8. The molecule has 0 saturated carbocycles. The molecule has 0 saturated heterocycles. The molecule has 2 aromatic heterocycles. The van der Waals surface area contributed by atoms with E-state index in [0.717, 1.165) is 16.4 Å². The summed E-state index contributed by atoms with van der Waals surface area (Å²) in [6.07, 6.45) is 4.36. The molecule has 0 aliphatic rings. The Hall–Kier alpha value is -2.70. The number of rotatable bonds is 5. The largest absolute Gasteiger partial charge is 0.496 e. The Kier molecular flexibility index (Phi) is 4.92. The summed E-state index contributed by atoms with van der Waals surface area (Å²) in [6, 6.07) is 11.9. The zero-order valence-electron chi connectivity index (χ0n) is 14.4. The van der Waals surface area contributed by atoms with Crippen LogP contribution in [0.15, 0.2) is 60.2 Å². The number of thiazole rings is 1. The summed E-state index contributed by atoms with van der Waals surface area (Å²) in [5, 5.41) is 3.58. The van der Waals surface area contributed by atoms with Crippen LogP contribution in [-0.4, -0.2) is 21.6 Å². The molecule has 7 heteroatoms. The Morgan fingerprint density at radius 1 is 1.19 bits per heavy atom. The van der Waals surface area contributed by atoms with Crippen LogP contribution in [0.25, 0.3) is 17.1 Å². The molecule has 0 radical (unpaired) electrons. The molecule has 0 aliphatic heterocycles. The smallest absolute Gasteiger partial charge is 0.148 e. The molecule has 0 amide bonds. The molecule has 0 aliphatic carbocycles. The molecule has 2 heterocycles. The molecule has 27 heavy (non-hydrogen) atoms. The minimum atomic E-state index is -0.358. The molecule has 4 rings (SSSR count). The molecule has 0 bridgehead atoms. The number of hydrogen-bond donors (Lipinski definition) is 0. The fourth-order valence-corrected chi connectivity index (χ4v) is 3.61. The molecule has 0 atom stereocenters. The van der Waals surface area contributed by atoms with E-state index in [1.807, 2.05) is 40.4 Å². The van der Waals surface area contributed by atoms with Gasteiger partial charge in [0.2, 0.25) is 0 Å². The van der Waals surface area contributed by atoms with E-state index in [1.54, 1.807) is 23.6 Å². The van der Waals surface area contributed by atoms with Crippen molar-refractivity contribution in [1.82, 2.24) is 14.5 Å². The van der Waals surface area contributed by atoms with E-state index in [-0.39, 0.29) is 5.82 Å². The van der Waals surface area contributed by atoms with E-state index in [0.29, 0.717) is 28.6 Å². The van der Waals surface area contributed by atoms with Gasteiger partial charge in [0.05, 0.1) is 23.4 Å². The van der Waals surface area contributed by atoms with Gasteiger partial charge in [0.1, 0.15) is 17.4 Å². The predicted octanol–water partition coefficient (Wildman–Crippen LogP) is 5.39. The van der Waals surface area contributed by atoms with Crippen LogP contribution in [0.2, 0.25) is 5.02 Å². The lowest BCUT2D eigenvalue weighted by atomic mass is 10.1. The van der Waals surface area contributed by atoms with Crippen molar-refractivity contribution in [2.24, 2.45) is 0 Å². The Labute approximate surface area is 164 Å². The number of halogens is 2. The molecule has 4 nitrogen and oxygen atoms in total. The van der Waals surface area contributed by atoms with Crippen LogP contribution >= 0.6 is 22.9 Å². The SMILES string of the molecule is COc1cc(F)ccc1-c1nc(Cc2nccs2)cn1-c1ccc(Cl)cc1. The highest BCUT2D eigenvalue weighted by Crippen LogP contribution is 2.32. The highest BCUT2D eigenvalue weighted by Gasteiger charge is 2.17. The Bertz CT molecular complexity index is 1060. The van der Waals surface area contributed by atoms with Gasteiger partial charge in [0.15, 0.2) is 0 Å². The fraction of sp³-hybridized carbons (Fsp3) is 0.100. The molecule has 0 unspecified atom stereocenters. The number of methoxy groups -OCH3 is 1. The number of imidazole rings is 1. The zero-order valence-corrected chi connectivity index (χ0v) is 16.0. The van der Waals surface area contributed by atoms with Gasteiger partial charge in [-0.25, -0.2) is 14.4 Å². The van der Waals surface area contributed by atoms with Crippen molar-refractivity contribution in [2.75, 3.05) is 7.11 Å². The molecular weight excluding hydrogens is 385 g/mol. The van der Waals surface area contributed by atoms with Crippen molar-refractivity contribution in [2.45, 2.75) is 6.42 Å². The first-order chi connectivity index (χ1) is 13.1. The lowest BCUT2D eigenvalue weighted by molar-refractivity contribution is 0.412. The highest BCUT2D eigenvalue weighted by molar-refractivity contribution is 7.09. The van der Waals surface area contributed by atoms with E-state index in [4.69, 9.17) is 21.3 Å². The molecule has 4 aromatic rings. The van der Waals surface area contributed by atoms with E-state index >= 15 is 0 Å². The van der Waals surface area contributed by atoms with Gasteiger partial charge >= 0.3 is 0 Å². The van der Waals surface area contributed by atoms with Gasteiger partial charge in [0, 0.05) is 41.0 Å². The van der Waals surface area contributed by atoms with Crippen molar-refractivity contribution in [3.05, 3.63) is 81.8 Å². The van der Waals surface area contributed by atoms with Gasteiger partial charge in [-0.05, 0) is 36.4 Å². The fourth-order valence-electron chi connectivity index (χ4n) is 2.85. The molecule has 136 valence electrons. The highest BCUT2D eigenvalue weighted by atomic mass is 35.5. The summed E-state index contributed by atoms with van der Waals surface area (Å²) < 4.78 is 21.0. The van der Waals surface area contributed by atoms with Gasteiger partial charge in [0.25, 0.3) is 0 Å². The quantitative estimate of drug-likeness (QED) is 0.452. The Morgan fingerprint density at radius 2 is 2.00 bits per heavy atom. The summed E-state index contributed by atoms with van der Waals surface area (Å²) >= 11 is 7.61. The minimum Gasteiger partial charge on any atom is -0.496 e. The first-order valence-electron chi connectivity index (χ1n) is 8.20. The molecule has 0 spiro atoms. The van der Waals surface area contributed by atoms with E-state index in [1.165, 1.54) is 19.2 Å². The summed E-state index contributed by atoms with van der Waals surface area (Å²) in [5.74, 6) is 0.737. The van der Waals surface area contributed by atoms with Crippen molar-refractivity contribution >= 4 is 22.9 Å². The van der Waals surface area contributed by atoms with Crippen LogP contribution in [0, 0.1) is 5.82 Å². The first-order valence-corrected chi connectivity index (χ1v) is 9.46. The van der Waals surface area contributed by atoms with Crippen molar-refractivity contribution in [3.63, 3.8) is 0 Å². The maximum Gasteiger partial charge on any atom is 0.148 e. The summed E-state index contributed by atoms with van der Waals surface area (Å²) in [7, 11) is 1.52. The second-order valence-corrected chi connectivity index (χ2v) is 7.27. The number of hydrogen-bond acceptors (Lipinski definition) is 4. The molecular formula is C20H15ClFN3OS.